The summed E-state index contributed by atoms with van der Waals surface area (Å²) >= 11 is 0. The highest BCUT2D eigenvalue weighted by molar-refractivity contribution is 5.47. The van der Waals surface area contributed by atoms with Gasteiger partial charge in [0.25, 0.3) is 0 Å². The van der Waals surface area contributed by atoms with Crippen LogP contribution in [-0.2, 0) is 84.2 Å². The summed E-state index contributed by atoms with van der Waals surface area (Å²) in [6.45, 7) is 117. The molecular formula is C139H221F3. The molecule has 0 aromatic heterocycles. The predicted octanol–water partition coefficient (Wildman–Crippen LogP) is 44.4. The van der Waals surface area contributed by atoms with E-state index in [-0.39, 0.29) is 71.4 Å². The summed E-state index contributed by atoms with van der Waals surface area (Å²) in [6, 6.07) is 73.4. The molecule has 0 radical (unpaired) electrons. The molecule has 9 aromatic rings. The van der Waals surface area contributed by atoms with E-state index in [0.717, 1.165) is 79.0 Å². The molecule has 0 saturated carbocycles. The van der Waals surface area contributed by atoms with Crippen LogP contribution in [0.2, 0.25) is 0 Å². The smallest absolute Gasteiger partial charge is 0.171 e. The van der Waals surface area contributed by atoms with Crippen LogP contribution in [0.3, 0.4) is 0 Å². The van der Waals surface area contributed by atoms with Gasteiger partial charge in [0.1, 0.15) is 0 Å². The molecule has 0 fully saturated rings. The standard InChI is InChI=1S/C20H34.C18H30.C15H21F3.3C15H24.2C14H22.C13H20/c1-8-15(9-2)17-13-12-14-18(16(10-3)11-4)19(17)20(5,6)7;1-16(2,3)13-10-14(17(4,5)6)12-15(11-13)18(7,8)9;1-13(2,3)12-9-7-6-8-11(12)10-14(4,5)15(16,17)18;1-14(2,3)11-12-9-7-8-10-13(12)15(4,5)6;2*1-6-12(7-2)13-10-8-9-11-14(13)15(3,4)5;1-13(2,3)11-9-7-8-10-12(11)14(4,5)6;1-11(2)10-12-8-6-7-9-13(12)14(3,4)5;1-10(2)11-8-6-7-9-12(11)13(3,4)5/h12-16H,8-11H2,1-7H3;10-12H,1-9H3;6-9H,10H2,1-5H3;7-10H,11H2,1-6H3;2*8-12H,6-7H2,1-5H3;7-10H,1-6H3;6-9,11H,10H2,1-5H3;6-10H,1-5H3/i15D,16D;;;;12D;;;;. The van der Waals surface area contributed by atoms with E-state index in [9.17, 15) is 13.2 Å². The van der Waals surface area contributed by atoms with Crippen LogP contribution in [0.4, 0.5) is 13.2 Å². The van der Waals surface area contributed by atoms with Gasteiger partial charge in [-0.3, -0.25) is 0 Å². The van der Waals surface area contributed by atoms with Crippen molar-refractivity contribution in [2.75, 3.05) is 0 Å². The van der Waals surface area contributed by atoms with E-state index < -0.39 is 29.3 Å². The summed E-state index contributed by atoms with van der Waals surface area (Å²) in [7, 11) is 0. The van der Waals surface area contributed by atoms with E-state index in [1.54, 1.807) is 17.7 Å². The zero-order valence-electron chi connectivity index (χ0n) is 105. The molecule has 0 aliphatic heterocycles. The second kappa shape index (κ2) is 55.7. The minimum absolute atomic E-state index is 0.0178. The van der Waals surface area contributed by atoms with Crippen molar-refractivity contribution in [2.24, 2.45) is 16.7 Å². The molecule has 9 rings (SSSR count). The second-order valence-corrected chi connectivity index (χ2v) is 55.3. The van der Waals surface area contributed by atoms with E-state index in [1.807, 2.05) is 32.9 Å². The molecule has 142 heavy (non-hydrogen) atoms. The second-order valence-electron chi connectivity index (χ2n) is 55.3. The third kappa shape index (κ3) is 44.8. The molecule has 0 amide bonds. The van der Waals surface area contributed by atoms with Crippen molar-refractivity contribution >= 4 is 0 Å². The number of hydrogen-bond acceptors (Lipinski definition) is 0. The van der Waals surface area contributed by atoms with Gasteiger partial charge in [-0.15, -0.1) is 0 Å². The van der Waals surface area contributed by atoms with E-state index >= 15 is 0 Å². The Morgan fingerprint density at radius 2 is 0.451 bits per heavy atom. The molecule has 0 bridgehead atoms. The van der Waals surface area contributed by atoms with E-state index in [1.165, 1.54) is 117 Å². The van der Waals surface area contributed by atoms with Crippen molar-refractivity contribution < 1.29 is 17.3 Å². The molecule has 0 spiro atoms. The maximum Gasteiger partial charge on any atom is 0.394 e. The summed E-state index contributed by atoms with van der Waals surface area (Å²) < 4.78 is 65.3. The highest BCUT2D eigenvalue weighted by Crippen LogP contribution is 2.46. The van der Waals surface area contributed by atoms with E-state index in [2.05, 4.69) is 514 Å². The van der Waals surface area contributed by atoms with Crippen molar-refractivity contribution in [3.63, 3.8) is 0 Å². The first-order valence-corrected chi connectivity index (χ1v) is 55.0. The third-order valence-electron chi connectivity index (χ3n) is 27.1. The number of benzene rings is 9. The van der Waals surface area contributed by atoms with Crippen LogP contribution in [0.15, 0.2) is 206 Å². The Labute approximate surface area is 884 Å². The van der Waals surface area contributed by atoms with Crippen LogP contribution >= 0.6 is 0 Å². The van der Waals surface area contributed by atoms with Crippen molar-refractivity contribution in [2.45, 2.75) is 538 Å². The number of halogens is 3. The molecule has 0 nitrogen and oxygen atoms in total. The largest absolute Gasteiger partial charge is 0.394 e. The molecule has 0 atom stereocenters. The normalized spacial score (nSPS) is 13.3. The number of alkyl halides is 3. The quantitative estimate of drug-likeness (QED) is 0.0803. The summed E-state index contributed by atoms with van der Waals surface area (Å²) in [5, 5.41) is 0. The predicted molar refractivity (Wildman–Crippen MR) is 635 cm³/mol. The highest BCUT2D eigenvalue weighted by atomic mass is 19.4. The lowest BCUT2D eigenvalue weighted by Crippen LogP contribution is -2.34. The van der Waals surface area contributed by atoms with Crippen LogP contribution in [0.25, 0.3) is 0 Å². The fourth-order valence-corrected chi connectivity index (χ4v) is 18.8. The Bertz CT molecular complexity index is 5100. The first-order valence-electron chi connectivity index (χ1n) is 56.5. The lowest BCUT2D eigenvalue weighted by Gasteiger charge is -2.32. The zero-order chi connectivity index (χ0) is 113. The van der Waals surface area contributed by atoms with Crippen LogP contribution in [0.1, 0.15) is 563 Å². The fraction of sp³-hybridized carbons (Fsp3) is 0.612. The molecule has 0 N–H and O–H groups in total. The fourth-order valence-electron chi connectivity index (χ4n) is 18.8. The average molecular weight is 1950 g/mol. The maximum absolute atomic E-state index is 12.9. The van der Waals surface area contributed by atoms with Gasteiger partial charge in [-0.2, -0.15) is 13.2 Å². The molecule has 798 valence electrons. The Morgan fingerprint density at radius 1 is 0.225 bits per heavy atom. The molecule has 0 aliphatic carbocycles. The molecule has 0 aliphatic rings. The maximum atomic E-state index is 12.9. The van der Waals surface area contributed by atoms with Gasteiger partial charge in [0.2, 0.25) is 0 Å². The Balaban J connectivity index is 0.000000819. The summed E-state index contributed by atoms with van der Waals surface area (Å²) in [4.78, 5) is 0. The van der Waals surface area contributed by atoms with Gasteiger partial charge in [0.05, 0.1) is 5.41 Å². The van der Waals surface area contributed by atoms with Gasteiger partial charge < -0.3 is 0 Å². The first kappa shape index (κ1) is 127. The summed E-state index contributed by atoms with van der Waals surface area (Å²) in [5.74, 6) is 0.542. The van der Waals surface area contributed by atoms with Gasteiger partial charge in [0.15, 0.2) is 0 Å². The molecule has 0 heterocycles. The third-order valence-corrected chi connectivity index (χ3v) is 27.1. The van der Waals surface area contributed by atoms with Crippen LogP contribution in [0, 0.1) is 16.7 Å². The van der Waals surface area contributed by atoms with Gasteiger partial charge in [0, 0.05) is 4.11 Å². The minimum atomic E-state index is -4.18. The molecular weight excluding hydrogens is 1730 g/mol. The number of hydrogen-bond donors (Lipinski definition) is 0. The molecule has 9 aromatic carbocycles. The van der Waals surface area contributed by atoms with Crippen LogP contribution in [-0.4, -0.2) is 6.18 Å². The van der Waals surface area contributed by atoms with Crippen LogP contribution < -0.4 is 0 Å². The van der Waals surface area contributed by atoms with Gasteiger partial charge in [-0.25, -0.2) is 0 Å². The van der Waals surface area contributed by atoms with E-state index in [0.29, 0.717) is 11.3 Å². The molecule has 0 unspecified atom stereocenters. The summed E-state index contributed by atoms with van der Waals surface area (Å²) in [6.07, 6.45) is 5.62. The van der Waals surface area contributed by atoms with Crippen molar-refractivity contribution in [3.8, 4) is 0 Å². The molecule has 3 heteroatoms. The first-order chi connectivity index (χ1) is 65.5. The van der Waals surface area contributed by atoms with E-state index in [4.69, 9.17) is 4.11 Å². The van der Waals surface area contributed by atoms with Crippen molar-refractivity contribution in [1.29, 1.82) is 0 Å². The van der Waals surface area contributed by atoms with Crippen LogP contribution in [0.5, 0.6) is 0 Å². The average Bonchev–Trinajstić information content (AvgIpc) is 0.747. The zero-order valence-corrected chi connectivity index (χ0v) is 102. The highest BCUT2D eigenvalue weighted by Gasteiger charge is 2.48. The Hall–Kier alpha value is -7.23. The molecule has 0 saturated heterocycles. The monoisotopic (exact) mass is 1950 g/mol. The van der Waals surface area contributed by atoms with Gasteiger partial charge in [-0.1, -0.05) is 573 Å². The van der Waals surface area contributed by atoms with Crippen molar-refractivity contribution in [3.05, 3.63) is 318 Å². The minimum Gasteiger partial charge on any atom is -0.171 e. The topological polar surface area (TPSA) is 0 Å². The lowest BCUT2D eigenvalue weighted by molar-refractivity contribution is -0.211. The SMILES string of the molecule is CC(C)(C)Cc1ccccc1C(C)(C)C.CC(C)(C)c1cc(C(C)(C)C)cc(C(C)(C)C)c1.CC(C)(C)c1ccccc1C(C)(C)C.CC(C)(C)c1ccccc1CC(C)(C)C(F)(F)F.CC(C)Cc1ccccc1C(C)(C)C.CC(C)c1ccccc1C(C)(C)C.CCC(CC)c1ccccc1C(C)(C)C.[2H]C(CC)(CC)c1cccc(C([2H])(CC)CC)c1C(C)(C)C.[2H]C(CC)(CC)c1ccccc1C(C)(C)C. The van der Waals surface area contributed by atoms with Gasteiger partial charge in [-0.05, 0) is 288 Å². The Kier molecular flexibility index (Phi) is 49.8. The lowest BCUT2D eigenvalue weighted by atomic mass is 9.73. The van der Waals surface area contributed by atoms with Crippen molar-refractivity contribution in [1.82, 2.24) is 0 Å². The Morgan fingerprint density at radius 3 is 0.697 bits per heavy atom. The summed E-state index contributed by atoms with van der Waals surface area (Å²) in [5.41, 5.74) is 27.8. The number of rotatable bonds is 18. The van der Waals surface area contributed by atoms with Gasteiger partial charge >= 0.3 is 6.18 Å².